The van der Waals surface area contributed by atoms with Crippen LogP contribution < -0.4 is 4.74 Å². The number of hydrogen-bond acceptors (Lipinski definition) is 4. The van der Waals surface area contributed by atoms with E-state index in [-0.39, 0.29) is 11.3 Å². The third kappa shape index (κ3) is 4.19. The van der Waals surface area contributed by atoms with Gasteiger partial charge in [-0.1, -0.05) is 30.0 Å². The van der Waals surface area contributed by atoms with Gasteiger partial charge in [-0.25, -0.2) is 13.8 Å². The Morgan fingerprint density at radius 1 is 0.962 bits per heavy atom. The first-order valence-corrected chi connectivity index (χ1v) is 9.08. The van der Waals surface area contributed by atoms with Gasteiger partial charge in [0.25, 0.3) is 0 Å². The van der Waals surface area contributed by atoms with Gasteiger partial charge in [0.05, 0.1) is 0 Å². The lowest BCUT2D eigenvalue weighted by Crippen LogP contribution is -1.98. The van der Waals surface area contributed by atoms with Crippen LogP contribution in [0.3, 0.4) is 0 Å². The van der Waals surface area contributed by atoms with Crippen molar-refractivity contribution in [3.63, 3.8) is 0 Å². The Kier molecular flexibility index (Phi) is 5.52. The first-order chi connectivity index (χ1) is 12.4. The van der Waals surface area contributed by atoms with Crippen LogP contribution in [0.2, 0.25) is 0 Å². The van der Waals surface area contributed by atoms with Gasteiger partial charge in [-0.15, -0.1) is 0 Å². The van der Waals surface area contributed by atoms with Crippen molar-refractivity contribution < 1.29 is 13.5 Å². The molecule has 0 aliphatic rings. The molecule has 0 N–H and O–H groups in total. The number of ether oxygens (including phenoxy) is 1. The molecule has 0 saturated heterocycles. The Morgan fingerprint density at radius 3 is 2.38 bits per heavy atom. The molecule has 0 amide bonds. The lowest BCUT2D eigenvalue weighted by atomic mass is 10.1. The predicted octanol–water partition coefficient (Wildman–Crippen LogP) is 5.76. The van der Waals surface area contributed by atoms with E-state index in [0.29, 0.717) is 11.0 Å². The molecule has 0 aliphatic heterocycles. The Morgan fingerprint density at radius 2 is 1.65 bits per heavy atom. The number of aromatic nitrogens is 2. The first-order valence-electron chi connectivity index (χ1n) is 8.09. The summed E-state index contributed by atoms with van der Waals surface area (Å²) in [6.07, 6.45) is 0. The van der Waals surface area contributed by atoms with Crippen LogP contribution in [-0.4, -0.2) is 9.97 Å². The second kappa shape index (κ2) is 7.83. The van der Waals surface area contributed by atoms with Gasteiger partial charge < -0.3 is 4.74 Å². The van der Waals surface area contributed by atoms with Gasteiger partial charge in [0, 0.05) is 23.1 Å². The van der Waals surface area contributed by atoms with Gasteiger partial charge in [-0.2, -0.15) is 4.98 Å². The van der Waals surface area contributed by atoms with E-state index in [1.54, 1.807) is 6.07 Å². The molecule has 3 aromatic rings. The molecule has 1 heterocycles. The number of nitrogens with zero attached hydrogens (tertiary/aromatic N) is 2. The third-order valence-corrected chi connectivity index (χ3v) is 4.86. The summed E-state index contributed by atoms with van der Waals surface area (Å²) in [6.45, 7) is 5.82. The van der Waals surface area contributed by atoms with E-state index < -0.39 is 11.6 Å². The molecule has 0 unspecified atom stereocenters. The second-order valence-corrected chi connectivity index (χ2v) is 6.86. The fourth-order valence-corrected chi connectivity index (χ4v) is 3.30. The lowest BCUT2D eigenvalue weighted by Gasteiger charge is -2.11. The number of aryl methyl sites for hydroxylation is 2. The Labute approximate surface area is 155 Å². The quantitative estimate of drug-likeness (QED) is 0.421. The summed E-state index contributed by atoms with van der Waals surface area (Å²) in [6, 6.07) is 11.4. The molecule has 6 heteroatoms. The standard InChI is InChI=1S/C20H18F2N2OS/c1-12-6-4-9-18(14(12)3)25-19-10-13(2)23-20(24-19)26-11-15-16(21)7-5-8-17(15)22/h4-10H,11H2,1-3H3. The maximum atomic E-state index is 13.8. The molecule has 134 valence electrons. The molecule has 2 aromatic carbocycles. The van der Waals surface area contributed by atoms with Crippen LogP contribution in [0, 0.1) is 32.4 Å². The molecular weight excluding hydrogens is 354 g/mol. The fourth-order valence-electron chi connectivity index (χ4n) is 2.38. The zero-order chi connectivity index (χ0) is 18.7. The minimum absolute atomic E-state index is 0.0135. The van der Waals surface area contributed by atoms with E-state index in [1.807, 2.05) is 39.0 Å². The van der Waals surface area contributed by atoms with Crippen LogP contribution in [0.5, 0.6) is 11.6 Å². The molecule has 26 heavy (non-hydrogen) atoms. The molecule has 0 bridgehead atoms. The molecule has 0 fully saturated rings. The molecule has 0 atom stereocenters. The lowest BCUT2D eigenvalue weighted by molar-refractivity contribution is 0.451. The molecule has 0 spiro atoms. The molecule has 3 rings (SSSR count). The van der Waals surface area contributed by atoms with Crippen molar-refractivity contribution in [1.82, 2.24) is 9.97 Å². The number of benzene rings is 2. The summed E-state index contributed by atoms with van der Waals surface area (Å²) in [5.74, 6) is 0.0844. The largest absolute Gasteiger partial charge is 0.439 e. The minimum Gasteiger partial charge on any atom is -0.439 e. The van der Waals surface area contributed by atoms with E-state index in [2.05, 4.69) is 9.97 Å². The number of hydrogen-bond donors (Lipinski definition) is 0. The SMILES string of the molecule is Cc1cc(Oc2cccc(C)c2C)nc(SCc2c(F)cccc2F)n1. The number of halogens is 2. The topological polar surface area (TPSA) is 35.0 Å². The van der Waals surface area contributed by atoms with Crippen LogP contribution in [0.4, 0.5) is 8.78 Å². The summed E-state index contributed by atoms with van der Waals surface area (Å²) in [4.78, 5) is 8.68. The van der Waals surface area contributed by atoms with Crippen LogP contribution in [-0.2, 0) is 5.75 Å². The van der Waals surface area contributed by atoms with E-state index >= 15 is 0 Å². The molecule has 0 aliphatic carbocycles. The molecular formula is C20H18F2N2OS. The predicted molar refractivity (Wildman–Crippen MR) is 98.7 cm³/mol. The number of thioether (sulfide) groups is 1. The summed E-state index contributed by atoms with van der Waals surface area (Å²) >= 11 is 1.17. The summed E-state index contributed by atoms with van der Waals surface area (Å²) in [5.41, 5.74) is 2.89. The van der Waals surface area contributed by atoms with Crippen molar-refractivity contribution in [1.29, 1.82) is 0 Å². The first kappa shape index (κ1) is 18.3. The summed E-state index contributed by atoms with van der Waals surface area (Å²) in [7, 11) is 0. The normalized spacial score (nSPS) is 10.8. The highest BCUT2D eigenvalue weighted by molar-refractivity contribution is 7.98. The second-order valence-electron chi connectivity index (χ2n) is 5.92. The van der Waals surface area contributed by atoms with Crippen molar-refractivity contribution >= 4 is 11.8 Å². The van der Waals surface area contributed by atoms with Crippen LogP contribution in [0.1, 0.15) is 22.4 Å². The smallest absolute Gasteiger partial charge is 0.223 e. The zero-order valence-electron chi connectivity index (χ0n) is 14.7. The maximum Gasteiger partial charge on any atom is 0.223 e. The molecule has 3 nitrogen and oxygen atoms in total. The zero-order valence-corrected chi connectivity index (χ0v) is 15.5. The highest BCUT2D eigenvalue weighted by Gasteiger charge is 2.12. The van der Waals surface area contributed by atoms with Crippen molar-refractivity contribution in [2.45, 2.75) is 31.7 Å². The van der Waals surface area contributed by atoms with Crippen molar-refractivity contribution in [2.75, 3.05) is 0 Å². The van der Waals surface area contributed by atoms with Gasteiger partial charge in [-0.3, -0.25) is 0 Å². The highest BCUT2D eigenvalue weighted by atomic mass is 32.2. The monoisotopic (exact) mass is 372 g/mol. The Balaban J connectivity index is 1.80. The average molecular weight is 372 g/mol. The van der Waals surface area contributed by atoms with Crippen molar-refractivity contribution in [2.24, 2.45) is 0 Å². The summed E-state index contributed by atoms with van der Waals surface area (Å²) < 4.78 is 33.4. The van der Waals surface area contributed by atoms with E-state index in [0.717, 1.165) is 22.6 Å². The molecule has 0 saturated carbocycles. The Bertz CT molecular complexity index is 927. The fraction of sp³-hybridized carbons (Fsp3) is 0.200. The van der Waals surface area contributed by atoms with E-state index in [9.17, 15) is 8.78 Å². The van der Waals surface area contributed by atoms with Crippen molar-refractivity contribution in [3.8, 4) is 11.6 Å². The highest BCUT2D eigenvalue weighted by Crippen LogP contribution is 2.29. The van der Waals surface area contributed by atoms with Gasteiger partial charge in [0.15, 0.2) is 5.16 Å². The van der Waals surface area contributed by atoms with Gasteiger partial charge >= 0.3 is 0 Å². The minimum atomic E-state index is -0.572. The van der Waals surface area contributed by atoms with Gasteiger partial charge in [0.1, 0.15) is 17.4 Å². The van der Waals surface area contributed by atoms with E-state index in [1.165, 1.54) is 30.0 Å². The van der Waals surface area contributed by atoms with E-state index in [4.69, 9.17) is 4.74 Å². The molecule has 0 radical (unpaired) electrons. The summed E-state index contributed by atoms with van der Waals surface area (Å²) in [5, 5.41) is 0.410. The number of rotatable bonds is 5. The van der Waals surface area contributed by atoms with Crippen LogP contribution in [0.15, 0.2) is 47.6 Å². The average Bonchev–Trinajstić information content (AvgIpc) is 2.58. The Hall–Kier alpha value is -2.47. The van der Waals surface area contributed by atoms with Crippen molar-refractivity contribution in [3.05, 3.63) is 76.5 Å². The van der Waals surface area contributed by atoms with Crippen LogP contribution in [0.25, 0.3) is 0 Å². The maximum absolute atomic E-state index is 13.8. The van der Waals surface area contributed by atoms with Gasteiger partial charge in [-0.05, 0) is 50.1 Å². The van der Waals surface area contributed by atoms with Crippen LogP contribution >= 0.6 is 11.8 Å². The molecule has 1 aromatic heterocycles. The third-order valence-electron chi connectivity index (χ3n) is 3.99. The van der Waals surface area contributed by atoms with Gasteiger partial charge in [0.2, 0.25) is 5.88 Å².